The van der Waals surface area contributed by atoms with E-state index in [9.17, 15) is 13.2 Å². The van der Waals surface area contributed by atoms with Gasteiger partial charge in [0.25, 0.3) is 0 Å². The molecule has 0 bridgehead atoms. The first kappa shape index (κ1) is 18.0. The number of rotatable bonds is 5. The Morgan fingerprint density at radius 3 is 2.50 bits per heavy atom. The van der Waals surface area contributed by atoms with Gasteiger partial charge in [-0.15, -0.1) is 0 Å². The summed E-state index contributed by atoms with van der Waals surface area (Å²) in [5.41, 5.74) is 4.56. The van der Waals surface area contributed by atoms with Crippen molar-refractivity contribution in [3.8, 4) is 0 Å². The minimum atomic E-state index is -0.753. The number of benzene rings is 2. The summed E-state index contributed by atoms with van der Waals surface area (Å²) in [4.78, 5) is 0. The number of hydrogen-bond donors (Lipinski definition) is 1. The van der Waals surface area contributed by atoms with Gasteiger partial charge in [-0.25, -0.2) is 17.9 Å². The molecule has 1 heterocycles. The number of aromatic nitrogens is 2. The maximum atomic E-state index is 13.6. The lowest BCUT2D eigenvalue weighted by Gasteiger charge is -2.03. The van der Waals surface area contributed by atoms with Crippen molar-refractivity contribution < 1.29 is 13.2 Å². The molecule has 26 heavy (non-hydrogen) atoms. The largest absolute Gasteiger partial charge is 0.276 e. The second kappa shape index (κ2) is 7.61. The van der Waals surface area contributed by atoms with E-state index in [-0.39, 0.29) is 11.5 Å². The average molecular weight is 379 g/mol. The third-order valence-electron chi connectivity index (χ3n) is 3.66. The highest BCUT2D eigenvalue weighted by molar-refractivity contribution is 6.32. The molecule has 0 aliphatic carbocycles. The van der Waals surface area contributed by atoms with Crippen LogP contribution in [-0.2, 0) is 6.54 Å². The van der Waals surface area contributed by atoms with E-state index in [1.807, 2.05) is 0 Å². The molecule has 0 spiro atoms. The molecule has 134 valence electrons. The molecular formula is C18H14ClF3N4. The van der Waals surface area contributed by atoms with Crippen LogP contribution in [0.3, 0.4) is 0 Å². The van der Waals surface area contributed by atoms with Crippen LogP contribution in [0.2, 0.25) is 5.15 Å². The Hall–Kier alpha value is -2.80. The SMILES string of the molecule is Cc1nn(Cc2ccc(F)cc2)c(Cl)c1/C=N\Nc1ccc(F)cc1F. The molecule has 1 aromatic heterocycles. The van der Waals surface area contributed by atoms with Gasteiger partial charge in [0.2, 0.25) is 0 Å². The standard InChI is InChI=1S/C18H14ClF3N4/c1-11-15(9-23-24-17-7-6-14(21)8-16(17)22)18(19)26(25-11)10-12-2-4-13(20)5-3-12/h2-9,24H,10H2,1H3/b23-9-. The van der Waals surface area contributed by atoms with E-state index in [2.05, 4.69) is 15.6 Å². The predicted molar refractivity (Wildman–Crippen MR) is 95.1 cm³/mol. The summed E-state index contributed by atoms with van der Waals surface area (Å²) >= 11 is 6.33. The summed E-state index contributed by atoms with van der Waals surface area (Å²) in [6, 6.07) is 9.15. The van der Waals surface area contributed by atoms with E-state index in [1.165, 1.54) is 24.4 Å². The molecule has 3 aromatic rings. The third kappa shape index (κ3) is 4.05. The second-order valence-corrected chi connectivity index (χ2v) is 5.93. The van der Waals surface area contributed by atoms with Crippen LogP contribution in [0.4, 0.5) is 18.9 Å². The molecule has 0 aliphatic heterocycles. The zero-order valence-corrected chi connectivity index (χ0v) is 14.4. The number of nitrogens with one attached hydrogen (secondary N) is 1. The van der Waals surface area contributed by atoms with Gasteiger partial charge in [0.05, 0.1) is 29.7 Å². The van der Waals surface area contributed by atoms with Gasteiger partial charge < -0.3 is 0 Å². The van der Waals surface area contributed by atoms with Crippen LogP contribution >= 0.6 is 11.6 Å². The minimum absolute atomic E-state index is 0.0372. The molecule has 1 N–H and O–H groups in total. The third-order valence-corrected chi connectivity index (χ3v) is 4.06. The topological polar surface area (TPSA) is 42.2 Å². The highest BCUT2D eigenvalue weighted by Crippen LogP contribution is 2.20. The second-order valence-electron chi connectivity index (χ2n) is 5.57. The van der Waals surface area contributed by atoms with Gasteiger partial charge in [-0.2, -0.15) is 10.2 Å². The van der Waals surface area contributed by atoms with Crippen molar-refractivity contribution in [2.75, 3.05) is 5.43 Å². The van der Waals surface area contributed by atoms with Crippen LogP contribution in [0.1, 0.15) is 16.8 Å². The number of halogens is 4. The zero-order chi connectivity index (χ0) is 18.7. The van der Waals surface area contributed by atoms with E-state index in [4.69, 9.17) is 11.6 Å². The first-order valence-corrected chi connectivity index (χ1v) is 8.03. The number of hydrazone groups is 1. The number of nitrogens with zero attached hydrogens (tertiary/aromatic N) is 3. The predicted octanol–water partition coefficient (Wildman–Crippen LogP) is 4.76. The van der Waals surface area contributed by atoms with Crippen molar-refractivity contribution in [2.45, 2.75) is 13.5 Å². The molecule has 4 nitrogen and oxygen atoms in total. The fourth-order valence-electron chi connectivity index (χ4n) is 2.33. The van der Waals surface area contributed by atoms with Crippen LogP contribution in [-0.4, -0.2) is 16.0 Å². The van der Waals surface area contributed by atoms with Crippen LogP contribution in [0, 0.1) is 24.4 Å². The summed E-state index contributed by atoms with van der Waals surface area (Å²) in [6.45, 7) is 2.13. The molecule has 0 atom stereocenters. The smallest absolute Gasteiger partial charge is 0.151 e. The quantitative estimate of drug-likeness (QED) is 0.514. The Balaban J connectivity index is 1.76. The Morgan fingerprint density at radius 1 is 1.12 bits per heavy atom. The van der Waals surface area contributed by atoms with Gasteiger partial charge in [0.1, 0.15) is 16.8 Å². The maximum absolute atomic E-state index is 13.6. The zero-order valence-electron chi connectivity index (χ0n) is 13.7. The Labute approximate surface area is 152 Å². The summed E-state index contributed by atoms with van der Waals surface area (Å²) in [7, 11) is 0. The molecule has 8 heteroatoms. The molecule has 0 saturated heterocycles. The van der Waals surface area contributed by atoms with Crippen molar-refractivity contribution in [3.63, 3.8) is 0 Å². The first-order valence-electron chi connectivity index (χ1n) is 7.65. The van der Waals surface area contributed by atoms with Gasteiger partial charge in [-0.3, -0.25) is 5.43 Å². The number of anilines is 1. The van der Waals surface area contributed by atoms with E-state index in [0.29, 0.717) is 23.0 Å². The van der Waals surface area contributed by atoms with Gasteiger partial charge in [-0.1, -0.05) is 23.7 Å². The minimum Gasteiger partial charge on any atom is -0.276 e. The summed E-state index contributed by atoms with van der Waals surface area (Å²) in [6.07, 6.45) is 1.41. The van der Waals surface area contributed by atoms with Crippen molar-refractivity contribution >= 4 is 23.5 Å². The molecule has 0 radical (unpaired) electrons. The van der Waals surface area contributed by atoms with E-state index in [0.717, 1.165) is 17.7 Å². The van der Waals surface area contributed by atoms with Crippen LogP contribution < -0.4 is 5.43 Å². The normalized spacial score (nSPS) is 11.3. The molecule has 0 saturated carbocycles. The Morgan fingerprint density at radius 2 is 1.81 bits per heavy atom. The Bertz CT molecular complexity index is 952. The fourth-order valence-corrected chi connectivity index (χ4v) is 2.61. The monoisotopic (exact) mass is 378 g/mol. The Kier molecular flexibility index (Phi) is 5.27. The van der Waals surface area contributed by atoms with Crippen LogP contribution in [0.5, 0.6) is 0 Å². The van der Waals surface area contributed by atoms with E-state index >= 15 is 0 Å². The number of aryl methyl sites for hydroxylation is 1. The maximum Gasteiger partial charge on any atom is 0.151 e. The van der Waals surface area contributed by atoms with Gasteiger partial charge >= 0.3 is 0 Å². The molecule has 3 rings (SSSR count). The summed E-state index contributed by atoms with van der Waals surface area (Å²) < 4.78 is 41.0. The lowest BCUT2D eigenvalue weighted by atomic mass is 10.2. The molecule has 2 aromatic carbocycles. The lowest BCUT2D eigenvalue weighted by Crippen LogP contribution is -2.02. The lowest BCUT2D eigenvalue weighted by molar-refractivity contribution is 0.585. The van der Waals surface area contributed by atoms with E-state index in [1.54, 1.807) is 23.7 Å². The van der Waals surface area contributed by atoms with Gasteiger partial charge in [-0.05, 0) is 36.8 Å². The van der Waals surface area contributed by atoms with E-state index < -0.39 is 11.6 Å². The molecule has 0 fully saturated rings. The van der Waals surface area contributed by atoms with Crippen molar-refractivity contribution in [3.05, 3.63) is 81.9 Å². The van der Waals surface area contributed by atoms with Gasteiger partial charge in [0.15, 0.2) is 5.82 Å². The first-order chi connectivity index (χ1) is 12.4. The number of hydrogen-bond acceptors (Lipinski definition) is 3. The summed E-state index contributed by atoms with van der Waals surface area (Å²) in [5.74, 6) is -1.74. The molecule has 0 aliphatic rings. The average Bonchev–Trinajstić information content (AvgIpc) is 2.86. The van der Waals surface area contributed by atoms with Gasteiger partial charge in [0, 0.05) is 6.07 Å². The van der Waals surface area contributed by atoms with Crippen molar-refractivity contribution in [1.29, 1.82) is 0 Å². The fraction of sp³-hybridized carbons (Fsp3) is 0.111. The molecule has 0 amide bonds. The van der Waals surface area contributed by atoms with Crippen LogP contribution in [0.25, 0.3) is 0 Å². The van der Waals surface area contributed by atoms with Crippen molar-refractivity contribution in [2.24, 2.45) is 5.10 Å². The van der Waals surface area contributed by atoms with Crippen molar-refractivity contribution in [1.82, 2.24) is 9.78 Å². The van der Waals surface area contributed by atoms with Crippen LogP contribution in [0.15, 0.2) is 47.6 Å². The molecular weight excluding hydrogens is 365 g/mol. The summed E-state index contributed by atoms with van der Waals surface area (Å²) in [5, 5.41) is 8.61. The highest BCUT2D eigenvalue weighted by atomic mass is 35.5. The molecule has 0 unspecified atom stereocenters. The highest BCUT2D eigenvalue weighted by Gasteiger charge is 2.12.